The molecule has 0 unspecified atom stereocenters. The van der Waals surface area contributed by atoms with Gasteiger partial charge in [-0.1, -0.05) is 29.5 Å². The molecule has 0 aromatic carbocycles. The SMILES string of the molecule is CC(=O)OC[C@H]1O[C@@H](OCCI)[C@H](C)[C@@H](OC(C)=O)[C@@H]1OC(C)=O. The quantitative estimate of drug-likeness (QED) is 0.243. The van der Waals surface area contributed by atoms with Crippen molar-refractivity contribution in [2.75, 3.05) is 17.6 Å². The fourth-order valence-electron chi connectivity index (χ4n) is 2.43. The first kappa shape index (κ1) is 21.1. The van der Waals surface area contributed by atoms with Gasteiger partial charge >= 0.3 is 17.9 Å². The largest absolute Gasteiger partial charge is 0.463 e. The molecule has 0 amide bonds. The molecule has 8 nitrogen and oxygen atoms in total. The second kappa shape index (κ2) is 10.1. The van der Waals surface area contributed by atoms with Crippen molar-refractivity contribution in [2.45, 2.75) is 52.3 Å². The molecule has 0 radical (unpaired) electrons. The average molecular weight is 458 g/mol. The predicted molar refractivity (Wildman–Crippen MR) is 90.4 cm³/mol. The van der Waals surface area contributed by atoms with Crippen LogP contribution in [0, 0.1) is 5.92 Å². The summed E-state index contributed by atoms with van der Waals surface area (Å²) in [5, 5.41) is 0. The van der Waals surface area contributed by atoms with Gasteiger partial charge in [0.2, 0.25) is 0 Å². The zero-order valence-corrected chi connectivity index (χ0v) is 16.3. The van der Waals surface area contributed by atoms with Crippen LogP contribution in [0.25, 0.3) is 0 Å². The first-order valence-electron chi connectivity index (χ1n) is 7.57. The van der Waals surface area contributed by atoms with Gasteiger partial charge in [-0.3, -0.25) is 14.4 Å². The molecule has 0 saturated carbocycles. The number of hydrogen-bond acceptors (Lipinski definition) is 8. The monoisotopic (exact) mass is 458 g/mol. The molecule has 1 aliphatic heterocycles. The van der Waals surface area contributed by atoms with E-state index in [1.165, 1.54) is 20.8 Å². The summed E-state index contributed by atoms with van der Waals surface area (Å²) in [7, 11) is 0. The van der Waals surface area contributed by atoms with Gasteiger partial charge in [-0.05, 0) is 0 Å². The molecule has 0 bridgehead atoms. The molecule has 1 fully saturated rings. The standard InChI is InChI=1S/C15H23IO8/c1-8-13(22-10(3)18)14(23-11(4)19)12(7-21-9(2)17)24-15(8)20-6-5-16/h8,12-15H,5-7H2,1-4H3/t8-,12-,13-,14-,15-/m1/s1. The molecule has 0 N–H and O–H groups in total. The Labute approximate surface area is 154 Å². The van der Waals surface area contributed by atoms with E-state index in [0.29, 0.717) is 6.61 Å². The van der Waals surface area contributed by atoms with Gasteiger partial charge in [0.15, 0.2) is 12.4 Å². The zero-order valence-electron chi connectivity index (χ0n) is 14.2. The lowest BCUT2D eigenvalue weighted by atomic mass is 9.92. The van der Waals surface area contributed by atoms with E-state index < -0.39 is 42.5 Å². The second-order valence-corrected chi connectivity index (χ2v) is 6.49. The van der Waals surface area contributed by atoms with Gasteiger partial charge in [0.05, 0.1) is 6.61 Å². The van der Waals surface area contributed by atoms with Gasteiger partial charge < -0.3 is 23.7 Å². The van der Waals surface area contributed by atoms with Crippen LogP contribution in [0.4, 0.5) is 0 Å². The van der Waals surface area contributed by atoms with E-state index in [4.69, 9.17) is 23.7 Å². The van der Waals surface area contributed by atoms with Crippen molar-refractivity contribution in [3.05, 3.63) is 0 Å². The lowest BCUT2D eigenvalue weighted by molar-refractivity contribution is -0.287. The minimum atomic E-state index is -0.889. The predicted octanol–water partition coefficient (Wildman–Crippen LogP) is 1.23. The Bertz CT molecular complexity index is 455. The van der Waals surface area contributed by atoms with E-state index >= 15 is 0 Å². The molecule has 138 valence electrons. The minimum absolute atomic E-state index is 0.137. The molecule has 0 aliphatic carbocycles. The van der Waals surface area contributed by atoms with Crippen molar-refractivity contribution in [2.24, 2.45) is 5.92 Å². The third kappa shape index (κ3) is 6.52. The number of halogens is 1. The third-order valence-corrected chi connectivity index (χ3v) is 3.80. The van der Waals surface area contributed by atoms with E-state index in [0.717, 1.165) is 4.43 Å². The van der Waals surface area contributed by atoms with Crippen molar-refractivity contribution in [1.82, 2.24) is 0 Å². The van der Waals surface area contributed by atoms with Crippen LogP contribution in [-0.4, -0.2) is 60.2 Å². The summed E-state index contributed by atoms with van der Waals surface area (Å²) in [5.41, 5.74) is 0. The van der Waals surface area contributed by atoms with E-state index in [1.54, 1.807) is 6.92 Å². The Kier molecular flexibility index (Phi) is 8.92. The fraction of sp³-hybridized carbons (Fsp3) is 0.800. The van der Waals surface area contributed by atoms with Crippen LogP contribution >= 0.6 is 22.6 Å². The zero-order chi connectivity index (χ0) is 18.3. The summed E-state index contributed by atoms with van der Waals surface area (Å²) in [6.45, 7) is 5.87. The lowest BCUT2D eigenvalue weighted by Gasteiger charge is -2.43. The van der Waals surface area contributed by atoms with Crippen LogP contribution in [0.2, 0.25) is 0 Å². The maximum atomic E-state index is 11.5. The van der Waals surface area contributed by atoms with Gasteiger partial charge in [-0.25, -0.2) is 0 Å². The smallest absolute Gasteiger partial charge is 0.303 e. The molecular weight excluding hydrogens is 435 g/mol. The molecule has 0 spiro atoms. The van der Waals surface area contributed by atoms with Gasteiger partial charge in [-0.2, -0.15) is 0 Å². The van der Waals surface area contributed by atoms with Crippen molar-refractivity contribution in [1.29, 1.82) is 0 Å². The molecule has 0 aromatic rings. The molecule has 1 saturated heterocycles. The maximum absolute atomic E-state index is 11.5. The maximum Gasteiger partial charge on any atom is 0.303 e. The van der Waals surface area contributed by atoms with Crippen LogP contribution in [-0.2, 0) is 38.1 Å². The van der Waals surface area contributed by atoms with Gasteiger partial charge in [0.1, 0.15) is 18.8 Å². The van der Waals surface area contributed by atoms with Crippen LogP contribution < -0.4 is 0 Å². The molecule has 5 atom stereocenters. The van der Waals surface area contributed by atoms with E-state index in [-0.39, 0.29) is 12.5 Å². The third-order valence-electron chi connectivity index (χ3n) is 3.36. The first-order valence-corrected chi connectivity index (χ1v) is 9.09. The minimum Gasteiger partial charge on any atom is -0.463 e. The van der Waals surface area contributed by atoms with Gasteiger partial charge in [-0.15, -0.1) is 0 Å². The molecule has 1 heterocycles. The van der Waals surface area contributed by atoms with Crippen LogP contribution in [0.15, 0.2) is 0 Å². The van der Waals surface area contributed by atoms with Crippen molar-refractivity contribution < 1.29 is 38.1 Å². The van der Waals surface area contributed by atoms with Crippen LogP contribution in [0.1, 0.15) is 27.7 Å². The van der Waals surface area contributed by atoms with Crippen LogP contribution in [0.5, 0.6) is 0 Å². The Morgan fingerprint density at radius 2 is 1.58 bits per heavy atom. The van der Waals surface area contributed by atoms with Crippen molar-refractivity contribution >= 4 is 40.5 Å². The summed E-state index contributed by atoms with van der Waals surface area (Å²) >= 11 is 2.16. The first-order chi connectivity index (χ1) is 11.3. The molecule has 1 aliphatic rings. The lowest BCUT2D eigenvalue weighted by Crippen LogP contribution is -2.58. The number of alkyl halides is 1. The van der Waals surface area contributed by atoms with E-state index in [9.17, 15) is 14.4 Å². The summed E-state index contributed by atoms with van der Waals surface area (Å²) in [5.74, 6) is -1.92. The fourth-order valence-corrected chi connectivity index (χ4v) is 2.68. The average Bonchev–Trinajstić information content (AvgIpc) is 2.48. The molecular formula is C15H23IO8. The number of hydrogen-bond donors (Lipinski definition) is 0. The van der Waals surface area contributed by atoms with Gasteiger partial charge in [0, 0.05) is 31.1 Å². The van der Waals surface area contributed by atoms with Crippen LogP contribution in [0.3, 0.4) is 0 Å². The highest BCUT2D eigenvalue weighted by molar-refractivity contribution is 14.1. The van der Waals surface area contributed by atoms with Crippen molar-refractivity contribution in [3.8, 4) is 0 Å². The number of carbonyl (C=O) groups is 3. The molecule has 1 rings (SSSR count). The highest BCUT2D eigenvalue weighted by Gasteiger charge is 2.48. The Balaban J connectivity index is 3.01. The number of carbonyl (C=O) groups excluding carboxylic acids is 3. The Morgan fingerprint density at radius 1 is 1.00 bits per heavy atom. The van der Waals surface area contributed by atoms with Crippen molar-refractivity contribution in [3.63, 3.8) is 0 Å². The van der Waals surface area contributed by atoms with Gasteiger partial charge in [0.25, 0.3) is 0 Å². The summed E-state index contributed by atoms with van der Waals surface area (Å²) in [4.78, 5) is 34.0. The molecule has 0 aromatic heterocycles. The second-order valence-electron chi connectivity index (χ2n) is 5.41. The Hall–Kier alpha value is -0.940. The van der Waals surface area contributed by atoms with E-state index in [2.05, 4.69) is 22.6 Å². The summed E-state index contributed by atoms with van der Waals surface area (Å²) in [6, 6.07) is 0. The summed E-state index contributed by atoms with van der Waals surface area (Å²) < 4.78 is 27.8. The number of esters is 3. The summed E-state index contributed by atoms with van der Waals surface area (Å²) in [6.07, 6.45) is -3.12. The topological polar surface area (TPSA) is 97.4 Å². The highest BCUT2D eigenvalue weighted by atomic mass is 127. The number of rotatable bonds is 7. The highest BCUT2D eigenvalue weighted by Crippen LogP contribution is 2.31. The molecule has 24 heavy (non-hydrogen) atoms. The molecule has 9 heteroatoms. The Morgan fingerprint density at radius 3 is 2.08 bits per heavy atom. The number of ether oxygens (including phenoxy) is 5. The van der Waals surface area contributed by atoms with E-state index in [1.807, 2.05) is 0 Å². The normalized spacial score (nSPS) is 29.6.